The molecule has 0 N–H and O–H groups in total. The molecule has 0 aromatic heterocycles. The van der Waals surface area contributed by atoms with Gasteiger partial charge in [-0.25, -0.2) is 4.79 Å². The molecule has 1 atom stereocenters. The van der Waals surface area contributed by atoms with Crippen LogP contribution in [0.5, 0.6) is 0 Å². The summed E-state index contributed by atoms with van der Waals surface area (Å²) in [4.78, 5) is 22.6. The van der Waals surface area contributed by atoms with Crippen molar-refractivity contribution in [2.24, 2.45) is 5.41 Å². The Kier molecular flexibility index (Phi) is 4.73. The van der Waals surface area contributed by atoms with Crippen LogP contribution >= 0.6 is 11.6 Å². The maximum Gasteiger partial charge on any atom is 0.407 e. The number of halogens is 1. The Morgan fingerprint density at radius 2 is 1.67 bits per heavy atom. The van der Waals surface area contributed by atoms with Gasteiger partial charge in [-0.15, -0.1) is 0 Å². The number of hydrogen-bond acceptors (Lipinski definition) is 4. The van der Waals surface area contributed by atoms with Gasteiger partial charge >= 0.3 is 11.4 Å². The highest BCUT2D eigenvalue weighted by Gasteiger charge is 2.28. The summed E-state index contributed by atoms with van der Waals surface area (Å²) < 4.78 is 9.93. The zero-order valence-corrected chi connectivity index (χ0v) is 11.2. The Bertz CT molecular complexity index is 422. The molecule has 1 unspecified atom stereocenters. The van der Waals surface area contributed by atoms with Gasteiger partial charge in [-0.2, -0.15) is 0 Å². The third kappa shape index (κ3) is 4.37. The van der Waals surface area contributed by atoms with Crippen LogP contribution in [0.15, 0.2) is 30.3 Å². The van der Waals surface area contributed by atoms with Crippen LogP contribution in [0.1, 0.15) is 32.6 Å². The van der Waals surface area contributed by atoms with Crippen molar-refractivity contribution in [2.45, 2.75) is 27.1 Å². The molecular weight excluding hydrogens is 256 g/mol. The van der Waals surface area contributed by atoms with E-state index in [0.29, 0.717) is 5.56 Å². The van der Waals surface area contributed by atoms with E-state index in [1.165, 1.54) is 0 Å². The van der Waals surface area contributed by atoms with Crippen molar-refractivity contribution in [3.05, 3.63) is 35.9 Å². The molecule has 0 bridgehead atoms. The molecule has 0 aliphatic carbocycles. The highest BCUT2D eigenvalue weighted by atomic mass is 35.5. The summed E-state index contributed by atoms with van der Waals surface area (Å²) in [6.07, 6.45) is -1.12. The van der Waals surface area contributed by atoms with E-state index < -0.39 is 23.1 Å². The monoisotopic (exact) mass is 270 g/mol. The summed E-state index contributed by atoms with van der Waals surface area (Å²) in [6, 6.07) is 8.65. The van der Waals surface area contributed by atoms with Crippen LogP contribution in [-0.2, 0) is 14.3 Å². The fraction of sp³-hybridized carbons (Fsp3) is 0.385. The second kappa shape index (κ2) is 5.87. The SMILES string of the molecule is CC(C)(C)C(=O)OC(OC(=O)Cl)c1ccccc1. The first-order chi connectivity index (χ1) is 8.30. The van der Waals surface area contributed by atoms with Crippen molar-refractivity contribution in [3.8, 4) is 0 Å². The van der Waals surface area contributed by atoms with Crippen molar-refractivity contribution < 1.29 is 19.1 Å². The van der Waals surface area contributed by atoms with Crippen LogP contribution in [0.4, 0.5) is 4.79 Å². The Morgan fingerprint density at radius 3 is 2.11 bits per heavy atom. The van der Waals surface area contributed by atoms with Gasteiger partial charge < -0.3 is 9.47 Å². The van der Waals surface area contributed by atoms with Gasteiger partial charge in [-0.3, -0.25) is 4.79 Å². The van der Waals surface area contributed by atoms with Gasteiger partial charge in [0.1, 0.15) is 0 Å². The lowest BCUT2D eigenvalue weighted by atomic mass is 9.97. The third-order valence-corrected chi connectivity index (χ3v) is 2.19. The molecule has 1 rings (SSSR count). The van der Waals surface area contributed by atoms with Crippen molar-refractivity contribution in [1.29, 1.82) is 0 Å². The fourth-order valence-corrected chi connectivity index (χ4v) is 1.21. The highest BCUT2D eigenvalue weighted by Crippen LogP contribution is 2.25. The number of benzene rings is 1. The molecule has 4 nitrogen and oxygen atoms in total. The van der Waals surface area contributed by atoms with Crippen LogP contribution in [-0.4, -0.2) is 11.4 Å². The minimum Gasteiger partial charge on any atom is -0.420 e. The van der Waals surface area contributed by atoms with Gasteiger partial charge in [0, 0.05) is 17.2 Å². The van der Waals surface area contributed by atoms with E-state index in [2.05, 4.69) is 0 Å². The molecular formula is C13H15ClO4. The predicted octanol–water partition coefficient (Wildman–Crippen LogP) is 3.65. The van der Waals surface area contributed by atoms with Crippen molar-refractivity contribution in [1.82, 2.24) is 0 Å². The van der Waals surface area contributed by atoms with E-state index in [9.17, 15) is 9.59 Å². The van der Waals surface area contributed by atoms with Gasteiger partial charge in [-0.05, 0) is 20.8 Å². The topological polar surface area (TPSA) is 52.6 Å². The second-order valence-corrected chi connectivity index (χ2v) is 5.06. The number of ether oxygens (including phenoxy) is 2. The molecule has 0 saturated carbocycles. The molecule has 0 saturated heterocycles. The smallest absolute Gasteiger partial charge is 0.407 e. The number of rotatable bonds is 3. The van der Waals surface area contributed by atoms with E-state index in [-0.39, 0.29) is 0 Å². The number of esters is 1. The number of carbonyl (C=O) groups is 2. The normalized spacial score (nSPS) is 12.7. The van der Waals surface area contributed by atoms with Gasteiger partial charge in [0.2, 0.25) is 0 Å². The van der Waals surface area contributed by atoms with Crippen LogP contribution < -0.4 is 0 Å². The van der Waals surface area contributed by atoms with E-state index in [1.54, 1.807) is 51.1 Å². The largest absolute Gasteiger partial charge is 0.420 e. The van der Waals surface area contributed by atoms with Crippen LogP contribution in [0.2, 0.25) is 0 Å². The summed E-state index contributed by atoms with van der Waals surface area (Å²) >= 11 is 5.17. The summed E-state index contributed by atoms with van der Waals surface area (Å²) in [5, 5.41) is 0. The van der Waals surface area contributed by atoms with E-state index in [1.807, 2.05) is 0 Å². The van der Waals surface area contributed by atoms with Gasteiger partial charge in [0.25, 0.3) is 6.29 Å². The lowest BCUT2D eigenvalue weighted by Crippen LogP contribution is -2.26. The molecule has 0 radical (unpaired) electrons. The molecule has 18 heavy (non-hydrogen) atoms. The Balaban J connectivity index is 2.87. The molecule has 1 aromatic rings. The molecule has 98 valence electrons. The minimum atomic E-state index is -1.12. The molecule has 0 spiro atoms. The second-order valence-electron chi connectivity index (χ2n) is 4.75. The fourth-order valence-electron chi connectivity index (χ4n) is 1.13. The lowest BCUT2D eigenvalue weighted by Gasteiger charge is -2.22. The van der Waals surface area contributed by atoms with Crippen LogP contribution in [0.3, 0.4) is 0 Å². The summed E-state index contributed by atoms with van der Waals surface area (Å²) in [6.45, 7) is 5.12. The first-order valence-electron chi connectivity index (χ1n) is 5.43. The van der Waals surface area contributed by atoms with Gasteiger partial charge in [0.05, 0.1) is 5.41 Å². The average Bonchev–Trinajstić information content (AvgIpc) is 2.27. The standard InChI is InChI=1S/C13H15ClO4/c1-13(2,3)11(15)17-10(18-12(14)16)9-7-5-4-6-8-9/h4-8,10H,1-3H3. The van der Waals surface area contributed by atoms with Gasteiger partial charge in [-0.1, -0.05) is 30.3 Å². The maximum absolute atomic E-state index is 11.8. The summed E-state index contributed by atoms with van der Waals surface area (Å²) in [7, 11) is 0. The van der Waals surface area contributed by atoms with Crippen molar-refractivity contribution in [2.75, 3.05) is 0 Å². The molecule has 5 heteroatoms. The maximum atomic E-state index is 11.8. The number of hydrogen-bond donors (Lipinski definition) is 0. The minimum absolute atomic E-state index is 0.478. The quantitative estimate of drug-likeness (QED) is 0.478. The molecule has 1 aromatic carbocycles. The molecule has 0 heterocycles. The Labute approximate surface area is 111 Å². The molecule has 0 fully saturated rings. The van der Waals surface area contributed by atoms with E-state index in [4.69, 9.17) is 21.1 Å². The van der Waals surface area contributed by atoms with E-state index in [0.717, 1.165) is 0 Å². The zero-order chi connectivity index (χ0) is 13.8. The molecule has 0 aliphatic rings. The third-order valence-electron chi connectivity index (χ3n) is 2.10. The number of carbonyl (C=O) groups excluding carboxylic acids is 2. The van der Waals surface area contributed by atoms with Crippen LogP contribution in [0.25, 0.3) is 0 Å². The lowest BCUT2D eigenvalue weighted by molar-refractivity contribution is -0.177. The zero-order valence-electron chi connectivity index (χ0n) is 10.5. The first kappa shape index (κ1) is 14.5. The van der Waals surface area contributed by atoms with Crippen molar-refractivity contribution >= 4 is 23.0 Å². The Hall–Kier alpha value is -1.55. The molecule has 0 aliphatic heterocycles. The van der Waals surface area contributed by atoms with E-state index >= 15 is 0 Å². The Morgan fingerprint density at radius 1 is 1.11 bits per heavy atom. The first-order valence-corrected chi connectivity index (χ1v) is 5.80. The van der Waals surface area contributed by atoms with Gasteiger partial charge in [0.15, 0.2) is 0 Å². The summed E-state index contributed by atoms with van der Waals surface area (Å²) in [5.74, 6) is -0.478. The summed E-state index contributed by atoms with van der Waals surface area (Å²) in [5.41, 5.74) is -1.17. The van der Waals surface area contributed by atoms with Crippen LogP contribution in [0, 0.1) is 5.41 Å². The predicted molar refractivity (Wildman–Crippen MR) is 67.1 cm³/mol. The highest BCUT2D eigenvalue weighted by molar-refractivity contribution is 6.61. The average molecular weight is 271 g/mol. The molecule has 0 amide bonds. The van der Waals surface area contributed by atoms with Crippen molar-refractivity contribution in [3.63, 3.8) is 0 Å².